The van der Waals surface area contributed by atoms with Gasteiger partial charge in [-0.3, -0.25) is 5.32 Å². The second-order valence-corrected chi connectivity index (χ2v) is 1.93. The van der Waals surface area contributed by atoms with Crippen molar-refractivity contribution in [1.29, 1.82) is 0 Å². The van der Waals surface area contributed by atoms with Gasteiger partial charge in [0.05, 0.1) is 0 Å². The summed E-state index contributed by atoms with van der Waals surface area (Å²) in [5.74, 6) is -2.14. The third kappa shape index (κ3) is 2.76. The number of nitrogens with one attached hydrogen (secondary N) is 1. The van der Waals surface area contributed by atoms with E-state index in [4.69, 9.17) is 15.3 Å². The number of rotatable bonds is 3. The van der Waals surface area contributed by atoms with Crippen molar-refractivity contribution in [2.75, 3.05) is 6.54 Å². The monoisotopic (exact) mass is 135 g/mol. The summed E-state index contributed by atoms with van der Waals surface area (Å²) in [5.41, 5.74) is 0. The molecule has 4 nitrogen and oxygen atoms in total. The van der Waals surface area contributed by atoms with Crippen LogP contribution in [-0.4, -0.2) is 33.9 Å². The lowest BCUT2D eigenvalue weighted by atomic mass is 10.3. The van der Waals surface area contributed by atoms with E-state index in [1.54, 1.807) is 6.92 Å². The van der Waals surface area contributed by atoms with Crippen molar-refractivity contribution < 1.29 is 15.3 Å². The highest BCUT2D eigenvalue weighted by molar-refractivity contribution is 4.66. The van der Waals surface area contributed by atoms with Gasteiger partial charge in [-0.15, -0.1) is 0 Å². The van der Waals surface area contributed by atoms with Gasteiger partial charge in [0, 0.05) is 0 Å². The minimum atomic E-state index is -2.14. The summed E-state index contributed by atoms with van der Waals surface area (Å²) in [6.07, 6.45) is -1.18. The zero-order chi connectivity index (χ0) is 7.49. The molecule has 9 heavy (non-hydrogen) atoms. The molecular formula is C5H13NO3. The van der Waals surface area contributed by atoms with Crippen molar-refractivity contribution in [2.24, 2.45) is 0 Å². The lowest BCUT2D eigenvalue weighted by Gasteiger charge is -2.24. The number of aliphatic hydroxyl groups is 3. The molecule has 1 unspecified atom stereocenters. The Morgan fingerprint density at radius 2 is 2.00 bits per heavy atom. The predicted molar refractivity (Wildman–Crippen MR) is 32.5 cm³/mol. The Labute approximate surface area is 54.1 Å². The SMILES string of the molecule is CCNC(O)(O)C(C)O. The molecule has 56 valence electrons. The molecule has 0 aromatic carbocycles. The fourth-order valence-electron chi connectivity index (χ4n) is 0.408. The van der Waals surface area contributed by atoms with Crippen LogP contribution in [0.5, 0.6) is 0 Å². The standard InChI is InChI=1S/C5H13NO3/c1-3-6-5(8,9)4(2)7/h4,6-9H,3H2,1-2H3. The number of hydrogen-bond acceptors (Lipinski definition) is 4. The highest BCUT2D eigenvalue weighted by Gasteiger charge is 2.27. The maximum atomic E-state index is 8.79. The van der Waals surface area contributed by atoms with E-state index < -0.39 is 12.0 Å². The molecule has 1 atom stereocenters. The molecule has 0 aromatic rings. The lowest BCUT2D eigenvalue weighted by molar-refractivity contribution is -0.239. The molecule has 4 heteroatoms. The smallest absolute Gasteiger partial charge is 0.249 e. The zero-order valence-corrected chi connectivity index (χ0v) is 5.63. The Balaban J connectivity index is 3.70. The molecule has 0 rings (SSSR count). The number of likely N-dealkylation sites (N-methyl/N-ethyl adjacent to an activating group) is 1. The molecule has 0 radical (unpaired) electrons. The van der Waals surface area contributed by atoms with E-state index in [1.165, 1.54) is 6.92 Å². The summed E-state index contributed by atoms with van der Waals surface area (Å²) in [5, 5.41) is 28.5. The second kappa shape index (κ2) is 3.12. The molecule has 0 aliphatic carbocycles. The fourth-order valence-corrected chi connectivity index (χ4v) is 0.408. The average molecular weight is 135 g/mol. The summed E-state index contributed by atoms with van der Waals surface area (Å²) < 4.78 is 0. The molecule has 0 saturated heterocycles. The Morgan fingerprint density at radius 3 is 2.11 bits per heavy atom. The summed E-state index contributed by atoms with van der Waals surface area (Å²) in [7, 11) is 0. The van der Waals surface area contributed by atoms with E-state index in [0.717, 1.165) is 0 Å². The Bertz CT molecular complexity index is 82.3. The molecule has 0 amide bonds. The minimum absolute atomic E-state index is 0.401. The molecule has 0 aromatic heterocycles. The van der Waals surface area contributed by atoms with Crippen molar-refractivity contribution >= 4 is 0 Å². The quantitative estimate of drug-likeness (QED) is 0.360. The van der Waals surface area contributed by atoms with Crippen molar-refractivity contribution in [2.45, 2.75) is 25.9 Å². The lowest BCUT2D eigenvalue weighted by Crippen LogP contribution is -2.53. The van der Waals surface area contributed by atoms with E-state index in [0.29, 0.717) is 6.54 Å². The summed E-state index contributed by atoms with van der Waals surface area (Å²) in [4.78, 5) is 0. The first kappa shape index (κ1) is 8.84. The van der Waals surface area contributed by atoms with Gasteiger partial charge in [0.1, 0.15) is 6.10 Å². The van der Waals surface area contributed by atoms with Crippen LogP contribution in [0.15, 0.2) is 0 Å². The van der Waals surface area contributed by atoms with Gasteiger partial charge in [-0.1, -0.05) is 6.92 Å². The third-order valence-electron chi connectivity index (χ3n) is 1.02. The maximum absolute atomic E-state index is 8.79. The Hall–Kier alpha value is -0.160. The number of aliphatic hydroxyl groups excluding tert-OH is 1. The highest BCUT2D eigenvalue weighted by atomic mass is 16.5. The van der Waals surface area contributed by atoms with Crippen LogP contribution in [0.25, 0.3) is 0 Å². The predicted octanol–water partition coefficient (Wildman–Crippen LogP) is -1.38. The van der Waals surface area contributed by atoms with Crippen LogP contribution in [0.1, 0.15) is 13.8 Å². The number of hydrogen-bond donors (Lipinski definition) is 4. The zero-order valence-electron chi connectivity index (χ0n) is 5.63. The minimum Gasteiger partial charge on any atom is -0.386 e. The van der Waals surface area contributed by atoms with Crippen LogP contribution < -0.4 is 5.32 Å². The summed E-state index contributed by atoms with van der Waals surface area (Å²) >= 11 is 0. The molecule has 0 bridgehead atoms. The van der Waals surface area contributed by atoms with Crippen LogP contribution in [0.2, 0.25) is 0 Å². The fraction of sp³-hybridized carbons (Fsp3) is 1.00. The Morgan fingerprint density at radius 1 is 1.56 bits per heavy atom. The topological polar surface area (TPSA) is 72.7 Å². The first-order valence-electron chi connectivity index (χ1n) is 2.88. The van der Waals surface area contributed by atoms with E-state index in [-0.39, 0.29) is 0 Å². The van der Waals surface area contributed by atoms with Gasteiger partial charge >= 0.3 is 0 Å². The van der Waals surface area contributed by atoms with Crippen LogP contribution in [-0.2, 0) is 0 Å². The van der Waals surface area contributed by atoms with E-state index >= 15 is 0 Å². The Kier molecular flexibility index (Phi) is 3.07. The molecule has 0 spiro atoms. The van der Waals surface area contributed by atoms with Gasteiger partial charge in [-0.05, 0) is 13.5 Å². The molecule has 0 heterocycles. The van der Waals surface area contributed by atoms with E-state index in [2.05, 4.69) is 5.32 Å². The van der Waals surface area contributed by atoms with Crippen LogP contribution in [0.4, 0.5) is 0 Å². The molecule has 0 saturated carbocycles. The molecule has 0 aliphatic heterocycles. The largest absolute Gasteiger partial charge is 0.386 e. The average Bonchev–Trinajstić information content (AvgIpc) is 1.65. The maximum Gasteiger partial charge on any atom is 0.249 e. The van der Waals surface area contributed by atoms with Crippen molar-refractivity contribution in [3.8, 4) is 0 Å². The van der Waals surface area contributed by atoms with Crippen molar-refractivity contribution in [1.82, 2.24) is 5.32 Å². The molecule has 0 aliphatic rings. The van der Waals surface area contributed by atoms with Crippen molar-refractivity contribution in [3.63, 3.8) is 0 Å². The third-order valence-corrected chi connectivity index (χ3v) is 1.02. The summed E-state index contributed by atoms with van der Waals surface area (Å²) in [6, 6.07) is 0. The van der Waals surface area contributed by atoms with Gasteiger partial charge in [0.15, 0.2) is 0 Å². The van der Waals surface area contributed by atoms with Gasteiger partial charge in [0.25, 0.3) is 0 Å². The first-order valence-corrected chi connectivity index (χ1v) is 2.88. The molecular weight excluding hydrogens is 122 g/mol. The van der Waals surface area contributed by atoms with Gasteiger partial charge in [0.2, 0.25) is 5.91 Å². The molecule has 0 fully saturated rings. The summed E-state index contributed by atoms with van der Waals surface area (Å²) in [6.45, 7) is 3.41. The first-order chi connectivity index (χ1) is 4.00. The van der Waals surface area contributed by atoms with Gasteiger partial charge in [-0.2, -0.15) is 0 Å². The second-order valence-electron chi connectivity index (χ2n) is 1.93. The van der Waals surface area contributed by atoms with Crippen LogP contribution in [0, 0.1) is 0 Å². The van der Waals surface area contributed by atoms with E-state index in [1.807, 2.05) is 0 Å². The van der Waals surface area contributed by atoms with E-state index in [9.17, 15) is 0 Å². The van der Waals surface area contributed by atoms with Crippen LogP contribution in [0.3, 0.4) is 0 Å². The normalized spacial score (nSPS) is 15.7. The molecule has 4 N–H and O–H groups in total. The van der Waals surface area contributed by atoms with Gasteiger partial charge < -0.3 is 15.3 Å². The van der Waals surface area contributed by atoms with Crippen LogP contribution >= 0.6 is 0 Å². The highest BCUT2D eigenvalue weighted by Crippen LogP contribution is 1.99. The van der Waals surface area contributed by atoms with Gasteiger partial charge in [-0.25, -0.2) is 0 Å². The van der Waals surface area contributed by atoms with Crippen molar-refractivity contribution in [3.05, 3.63) is 0 Å².